The first-order valence-electron chi connectivity index (χ1n) is 6.83. The Morgan fingerprint density at radius 1 is 1.32 bits per heavy atom. The third-order valence-corrected chi connectivity index (χ3v) is 2.71. The average Bonchev–Trinajstić information content (AvgIpc) is 2.44. The Morgan fingerprint density at radius 3 is 2.63 bits per heavy atom. The van der Waals surface area contributed by atoms with Gasteiger partial charge in [0, 0.05) is 19.6 Å². The summed E-state index contributed by atoms with van der Waals surface area (Å²) in [6, 6.07) is 3.58. The SMILES string of the molecule is CCCNc1ccc(C(=O)N(CCC)CCO)nc1. The number of carbonyl (C=O) groups excluding carboxylic acids is 1. The molecular weight excluding hydrogens is 242 g/mol. The molecule has 0 atom stereocenters. The third-order valence-electron chi connectivity index (χ3n) is 2.71. The van der Waals surface area contributed by atoms with Gasteiger partial charge < -0.3 is 15.3 Å². The lowest BCUT2D eigenvalue weighted by Crippen LogP contribution is -2.34. The summed E-state index contributed by atoms with van der Waals surface area (Å²) >= 11 is 0. The number of pyridine rings is 1. The normalized spacial score (nSPS) is 10.3. The van der Waals surface area contributed by atoms with Crippen LogP contribution in [-0.2, 0) is 0 Å². The molecule has 0 fully saturated rings. The second-order valence-electron chi connectivity index (χ2n) is 4.37. The molecule has 0 saturated heterocycles. The van der Waals surface area contributed by atoms with Crippen molar-refractivity contribution >= 4 is 11.6 Å². The molecule has 0 aromatic carbocycles. The number of amides is 1. The molecule has 0 bridgehead atoms. The van der Waals surface area contributed by atoms with Gasteiger partial charge in [0.1, 0.15) is 5.69 Å². The highest BCUT2D eigenvalue weighted by molar-refractivity contribution is 5.92. The van der Waals surface area contributed by atoms with Crippen molar-refractivity contribution in [2.75, 3.05) is 31.6 Å². The maximum Gasteiger partial charge on any atom is 0.272 e. The molecule has 106 valence electrons. The van der Waals surface area contributed by atoms with Crippen LogP contribution in [0, 0.1) is 0 Å². The lowest BCUT2D eigenvalue weighted by molar-refractivity contribution is 0.0716. The Bertz CT molecular complexity index is 373. The van der Waals surface area contributed by atoms with Crippen LogP contribution >= 0.6 is 0 Å². The average molecular weight is 265 g/mol. The minimum atomic E-state index is -0.127. The van der Waals surface area contributed by atoms with Gasteiger partial charge in [-0.25, -0.2) is 4.98 Å². The summed E-state index contributed by atoms with van der Waals surface area (Å²) in [6.07, 6.45) is 3.58. The molecule has 1 rings (SSSR count). The number of aromatic nitrogens is 1. The van der Waals surface area contributed by atoms with Gasteiger partial charge in [-0.2, -0.15) is 0 Å². The second kappa shape index (κ2) is 8.48. The van der Waals surface area contributed by atoms with Crippen molar-refractivity contribution in [3.63, 3.8) is 0 Å². The largest absolute Gasteiger partial charge is 0.395 e. The van der Waals surface area contributed by atoms with E-state index < -0.39 is 0 Å². The van der Waals surface area contributed by atoms with Crippen LogP contribution in [0.5, 0.6) is 0 Å². The van der Waals surface area contributed by atoms with Gasteiger partial charge in [-0.1, -0.05) is 13.8 Å². The van der Waals surface area contributed by atoms with E-state index in [4.69, 9.17) is 5.11 Å². The monoisotopic (exact) mass is 265 g/mol. The van der Waals surface area contributed by atoms with Crippen LogP contribution in [0.3, 0.4) is 0 Å². The quantitative estimate of drug-likeness (QED) is 0.751. The van der Waals surface area contributed by atoms with Gasteiger partial charge in [0.05, 0.1) is 18.5 Å². The fourth-order valence-electron chi connectivity index (χ4n) is 1.76. The highest BCUT2D eigenvalue weighted by Crippen LogP contribution is 2.08. The van der Waals surface area contributed by atoms with Gasteiger partial charge in [0.25, 0.3) is 5.91 Å². The lowest BCUT2D eigenvalue weighted by atomic mass is 10.2. The van der Waals surface area contributed by atoms with Crippen LogP contribution in [0.1, 0.15) is 37.2 Å². The summed E-state index contributed by atoms with van der Waals surface area (Å²) in [5, 5.41) is 12.2. The summed E-state index contributed by atoms with van der Waals surface area (Å²) in [5.74, 6) is -0.127. The van der Waals surface area contributed by atoms with Crippen molar-refractivity contribution in [1.82, 2.24) is 9.88 Å². The topological polar surface area (TPSA) is 65.5 Å². The Morgan fingerprint density at radius 2 is 2.11 bits per heavy atom. The predicted molar refractivity (Wildman–Crippen MR) is 76.3 cm³/mol. The molecule has 19 heavy (non-hydrogen) atoms. The molecule has 0 unspecified atom stereocenters. The molecule has 0 aliphatic carbocycles. The highest BCUT2D eigenvalue weighted by atomic mass is 16.3. The fourth-order valence-corrected chi connectivity index (χ4v) is 1.76. The number of hydrogen-bond acceptors (Lipinski definition) is 4. The molecule has 1 aromatic rings. The molecule has 5 nitrogen and oxygen atoms in total. The number of nitrogens with one attached hydrogen (secondary N) is 1. The van der Waals surface area contributed by atoms with Crippen molar-refractivity contribution in [3.05, 3.63) is 24.0 Å². The maximum atomic E-state index is 12.2. The minimum absolute atomic E-state index is 0.0259. The summed E-state index contributed by atoms with van der Waals surface area (Å²) < 4.78 is 0. The molecule has 1 aromatic heterocycles. The van der Waals surface area contributed by atoms with Crippen molar-refractivity contribution in [1.29, 1.82) is 0 Å². The summed E-state index contributed by atoms with van der Waals surface area (Å²) in [6.45, 7) is 5.95. The van der Waals surface area contributed by atoms with Gasteiger partial charge in [-0.05, 0) is 25.0 Å². The molecular formula is C14H23N3O2. The molecule has 1 heterocycles. The zero-order valence-corrected chi connectivity index (χ0v) is 11.7. The maximum absolute atomic E-state index is 12.2. The Labute approximate surface area is 114 Å². The number of aliphatic hydroxyl groups excluding tert-OH is 1. The molecule has 0 spiro atoms. The van der Waals surface area contributed by atoms with E-state index in [1.54, 1.807) is 17.2 Å². The molecule has 1 amide bonds. The number of carbonyl (C=O) groups is 1. The van der Waals surface area contributed by atoms with Gasteiger partial charge in [0.15, 0.2) is 0 Å². The van der Waals surface area contributed by atoms with Crippen molar-refractivity contribution in [3.8, 4) is 0 Å². The molecule has 0 saturated carbocycles. The van der Waals surface area contributed by atoms with Crippen LogP contribution in [0.15, 0.2) is 18.3 Å². The molecule has 2 N–H and O–H groups in total. The van der Waals surface area contributed by atoms with Crippen LogP contribution in [0.25, 0.3) is 0 Å². The number of rotatable bonds is 8. The van der Waals surface area contributed by atoms with Crippen LogP contribution < -0.4 is 5.32 Å². The predicted octanol–water partition coefficient (Wildman–Crippen LogP) is 1.75. The molecule has 0 aliphatic rings. The summed E-state index contributed by atoms with van der Waals surface area (Å²) in [7, 11) is 0. The van der Waals surface area contributed by atoms with E-state index in [2.05, 4.69) is 17.2 Å². The Balaban J connectivity index is 2.69. The zero-order chi connectivity index (χ0) is 14.1. The van der Waals surface area contributed by atoms with E-state index in [1.165, 1.54) is 0 Å². The van der Waals surface area contributed by atoms with Gasteiger partial charge >= 0.3 is 0 Å². The number of anilines is 1. The summed E-state index contributed by atoms with van der Waals surface area (Å²) in [5.41, 5.74) is 1.34. The van der Waals surface area contributed by atoms with E-state index in [1.807, 2.05) is 13.0 Å². The second-order valence-corrected chi connectivity index (χ2v) is 4.37. The van der Waals surface area contributed by atoms with E-state index >= 15 is 0 Å². The van der Waals surface area contributed by atoms with Gasteiger partial charge in [0.2, 0.25) is 0 Å². The molecule has 0 radical (unpaired) electrons. The van der Waals surface area contributed by atoms with Crippen LogP contribution in [0.2, 0.25) is 0 Å². The number of aliphatic hydroxyl groups is 1. The number of hydrogen-bond donors (Lipinski definition) is 2. The first-order valence-corrected chi connectivity index (χ1v) is 6.83. The third kappa shape index (κ3) is 4.87. The minimum Gasteiger partial charge on any atom is -0.395 e. The van der Waals surface area contributed by atoms with Crippen molar-refractivity contribution < 1.29 is 9.90 Å². The first-order chi connectivity index (χ1) is 9.22. The standard InChI is InChI=1S/C14H23N3O2/c1-3-7-15-12-5-6-13(16-11-12)14(19)17(8-4-2)9-10-18/h5-6,11,15,18H,3-4,7-10H2,1-2H3. The van der Waals surface area contributed by atoms with E-state index in [0.717, 1.165) is 25.1 Å². The van der Waals surface area contributed by atoms with E-state index in [-0.39, 0.29) is 12.5 Å². The number of nitrogens with zero attached hydrogens (tertiary/aromatic N) is 2. The van der Waals surface area contributed by atoms with Gasteiger partial charge in [-0.15, -0.1) is 0 Å². The van der Waals surface area contributed by atoms with E-state index in [9.17, 15) is 4.79 Å². The lowest BCUT2D eigenvalue weighted by Gasteiger charge is -2.20. The van der Waals surface area contributed by atoms with Crippen LogP contribution in [0.4, 0.5) is 5.69 Å². The van der Waals surface area contributed by atoms with Gasteiger partial charge in [-0.3, -0.25) is 4.79 Å². The molecule has 5 heteroatoms. The Kier molecular flexibility index (Phi) is 6.89. The van der Waals surface area contributed by atoms with Crippen molar-refractivity contribution in [2.45, 2.75) is 26.7 Å². The van der Waals surface area contributed by atoms with Crippen LogP contribution in [-0.4, -0.2) is 47.1 Å². The van der Waals surface area contributed by atoms with Crippen molar-refractivity contribution in [2.24, 2.45) is 0 Å². The first kappa shape index (κ1) is 15.4. The Hall–Kier alpha value is -1.62. The fraction of sp³-hybridized carbons (Fsp3) is 0.571. The zero-order valence-electron chi connectivity index (χ0n) is 11.7. The highest BCUT2D eigenvalue weighted by Gasteiger charge is 2.15. The summed E-state index contributed by atoms with van der Waals surface area (Å²) in [4.78, 5) is 18.0. The molecule has 0 aliphatic heterocycles. The van der Waals surface area contributed by atoms with E-state index in [0.29, 0.717) is 18.8 Å². The smallest absolute Gasteiger partial charge is 0.272 e.